The minimum Gasteiger partial charge on any atom is -0.353 e. The van der Waals surface area contributed by atoms with Gasteiger partial charge in [0, 0.05) is 23.9 Å². The lowest BCUT2D eigenvalue weighted by Gasteiger charge is -2.20. The quantitative estimate of drug-likeness (QED) is 0.528. The van der Waals surface area contributed by atoms with Crippen LogP contribution in [0.3, 0.4) is 0 Å². The lowest BCUT2D eigenvalue weighted by molar-refractivity contribution is 0.597. The summed E-state index contributed by atoms with van der Waals surface area (Å²) in [7, 11) is -2.94. The number of nitrogens with one attached hydrogen (secondary N) is 2. The summed E-state index contributed by atoms with van der Waals surface area (Å²) < 4.78 is 25.5. The molecular formula is C17H26N6O2S2. The number of thiophene rings is 1. The van der Waals surface area contributed by atoms with Gasteiger partial charge in [0.15, 0.2) is 15.8 Å². The van der Waals surface area contributed by atoms with E-state index in [1.807, 2.05) is 22.9 Å². The van der Waals surface area contributed by atoms with Crippen LogP contribution in [0.15, 0.2) is 28.8 Å². The molecule has 0 amide bonds. The fourth-order valence-corrected chi connectivity index (χ4v) is 5.47. The average Bonchev–Trinajstić information content (AvgIpc) is 3.35. The predicted molar refractivity (Wildman–Crippen MR) is 108 cm³/mol. The number of aliphatic imine (C=N–C) groups is 1. The molecule has 148 valence electrons. The summed E-state index contributed by atoms with van der Waals surface area (Å²) in [5.41, 5.74) is 0. The van der Waals surface area contributed by atoms with E-state index >= 15 is 0 Å². The topological polar surface area (TPSA) is 101 Å². The molecule has 2 N–H and O–H groups in total. The normalized spacial score (nSPS) is 20.5. The van der Waals surface area contributed by atoms with E-state index in [1.165, 1.54) is 4.88 Å². The minimum absolute atomic E-state index is 0.0929. The molecule has 8 nitrogen and oxygen atoms in total. The van der Waals surface area contributed by atoms with E-state index in [1.54, 1.807) is 17.7 Å². The first-order valence-electron chi connectivity index (χ1n) is 9.15. The highest BCUT2D eigenvalue weighted by molar-refractivity contribution is 7.91. The van der Waals surface area contributed by atoms with Crippen molar-refractivity contribution >= 4 is 27.1 Å². The zero-order valence-electron chi connectivity index (χ0n) is 15.6. The summed E-state index contributed by atoms with van der Waals surface area (Å²) in [6, 6.07) is 4.09. The lowest BCUT2D eigenvalue weighted by atomic mass is 10.2. The predicted octanol–water partition coefficient (Wildman–Crippen LogP) is 1.39. The van der Waals surface area contributed by atoms with E-state index in [9.17, 15) is 8.42 Å². The molecule has 2 aromatic rings. The molecule has 10 heteroatoms. The van der Waals surface area contributed by atoms with Gasteiger partial charge in [-0.1, -0.05) is 13.0 Å². The maximum Gasteiger partial charge on any atom is 0.192 e. The van der Waals surface area contributed by atoms with E-state index < -0.39 is 9.84 Å². The Kier molecular flexibility index (Phi) is 6.48. The minimum atomic E-state index is -2.94. The standard InChI is InChI=1S/C17H26N6O2S2/c1-3-16-22-19-12-23(16)8-7-18-17(20-13(2)15-5-4-9-26-15)21-14-6-10-27(24,25)11-14/h4-5,9,12-14H,3,6-8,10-11H2,1-2H3,(H2,18,20,21). The average molecular weight is 411 g/mol. The third-order valence-electron chi connectivity index (χ3n) is 4.52. The zero-order chi connectivity index (χ0) is 19.3. The SMILES string of the molecule is CCc1nncn1CCN=C(NC1CCS(=O)(=O)C1)NC(C)c1cccs1. The van der Waals surface area contributed by atoms with E-state index in [-0.39, 0.29) is 23.6 Å². The highest BCUT2D eigenvalue weighted by Gasteiger charge is 2.28. The number of aromatic nitrogens is 3. The van der Waals surface area contributed by atoms with Crippen molar-refractivity contribution in [3.05, 3.63) is 34.5 Å². The molecule has 1 fully saturated rings. The molecule has 0 aliphatic carbocycles. The first-order chi connectivity index (χ1) is 13.0. The van der Waals surface area contributed by atoms with Crippen molar-refractivity contribution in [2.75, 3.05) is 18.1 Å². The molecule has 1 aliphatic heterocycles. The van der Waals surface area contributed by atoms with Gasteiger partial charge < -0.3 is 15.2 Å². The van der Waals surface area contributed by atoms with Gasteiger partial charge in [0.1, 0.15) is 12.2 Å². The van der Waals surface area contributed by atoms with Crippen LogP contribution < -0.4 is 10.6 Å². The molecule has 0 spiro atoms. The molecule has 27 heavy (non-hydrogen) atoms. The summed E-state index contributed by atoms with van der Waals surface area (Å²) in [6.45, 7) is 5.35. The number of hydrogen-bond donors (Lipinski definition) is 2. The molecule has 2 unspecified atom stereocenters. The van der Waals surface area contributed by atoms with Gasteiger partial charge >= 0.3 is 0 Å². The van der Waals surface area contributed by atoms with Gasteiger partial charge in [-0.3, -0.25) is 4.99 Å². The van der Waals surface area contributed by atoms with E-state index in [2.05, 4.69) is 38.8 Å². The van der Waals surface area contributed by atoms with E-state index in [4.69, 9.17) is 0 Å². The monoisotopic (exact) mass is 410 g/mol. The Balaban J connectivity index is 1.66. The molecule has 1 aliphatic rings. The Morgan fingerprint density at radius 1 is 1.52 bits per heavy atom. The van der Waals surface area contributed by atoms with Crippen LogP contribution in [0.5, 0.6) is 0 Å². The molecule has 3 rings (SSSR count). The second-order valence-electron chi connectivity index (χ2n) is 6.65. The van der Waals surface area contributed by atoms with Crippen LogP contribution in [-0.4, -0.2) is 53.2 Å². The molecule has 0 aromatic carbocycles. The van der Waals surface area contributed by atoms with Gasteiger partial charge in [-0.2, -0.15) is 0 Å². The van der Waals surface area contributed by atoms with Gasteiger partial charge in [0.25, 0.3) is 0 Å². The number of hydrogen-bond acceptors (Lipinski definition) is 6. The summed E-state index contributed by atoms with van der Waals surface area (Å²) in [6.07, 6.45) is 3.15. The van der Waals surface area contributed by atoms with Crippen molar-refractivity contribution in [1.29, 1.82) is 0 Å². The van der Waals surface area contributed by atoms with Gasteiger partial charge in [-0.15, -0.1) is 21.5 Å². The van der Waals surface area contributed by atoms with E-state index in [0.29, 0.717) is 25.5 Å². The second-order valence-corrected chi connectivity index (χ2v) is 9.86. The number of aryl methyl sites for hydroxylation is 1. The highest BCUT2D eigenvalue weighted by atomic mass is 32.2. The van der Waals surface area contributed by atoms with Crippen LogP contribution in [0.4, 0.5) is 0 Å². The van der Waals surface area contributed by atoms with E-state index in [0.717, 1.165) is 12.2 Å². The maximum absolute atomic E-state index is 11.8. The fourth-order valence-electron chi connectivity index (χ4n) is 3.06. The second kappa shape index (κ2) is 8.83. The van der Waals surface area contributed by atoms with Crippen LogP contribution in [0.2, 0.25) is 0 Å². The van der Waals surface area contributed by atoms with Gasteiger partial charge in [-0.05, 0) is 24.8 Å². The Hall–Kier alpha value is -1.94. The summed E-state index contributed by atoms with van der Waals surface area (Å²) in [5.74, 6) is 1.97. The molecule has 2 atom stereocenters. The zero-order valence-corrected chi connectivity index (χ0v) is 17.3. The first-order valence-corrected chi connectivity index (χ1v) is 11.8. The van der Waals surface area contributed by atoms with Crippen molar-refractivity contribution in [2.24, 2.45) is 4.99 Å². The van der Waals surface area contributed by atoms with Crippen LogP contribution in [0.1, 0.15) is 37.0 Å². The summed E-state index contributed by atoms with van der Waals surface area (Å²) >= 11 is 1.68. The first kappa shape index (κ1) is 19.8. The van der Waals surface area contributed by atoms with Crippen molar-refractivity contribution in [3.63, 3.8) is 0 Å². The van der Waals surface area contributed by atoms with Crippen LogP contribution in [0, 0.1) is 0 Å². The van der Waals surface area contributed by atoms with Crippen molar-refractivity contribution in [3.8, 4) is 0 Å². The van der Waals surface area contributed by atoms with Crippen LogP contribution in [0.25, 0.3) is 0 Å². The smallest absolute Gasteiger partial charge is 0.192 e. The van der Waals surface area contributed by atoms with Crippen molar-refractivity contribution < 1.29 is 8.42 Å². The Morgan fingerprint density at radius 2 is 2.37 bits per heavy atom. The van der Waals surface area contributed by atoms with Crippen LogP contribution >= 0.6 is 11.3 Å². The number of sulfone groups is 1. The molecule has 3 heterocycles. The highest BCUT2D eigenvalue weighted by Crippen LogP contribution is 2.18. The molecular weight excluding hydrogens is 384 g/mol. The third kappa shape index (κ3) is 5.52. The summed E-state index contributed by atoms with van der Waals surface area (Å²) in [5, 5.41) is 16.8. The lowest BCUT2D eigenvalue weighted by Crippen LogP contribution is -2.45. The molecule has 1 saturated heterocycles. The van der Waals surface area contributed by atoms with Gasteiger partial charge in [0.2, 0.25) is 0 Å². The Bertz CT molecular complexity index is 860. The van der Waals surface area contributed by atoms with Gasteiger partial charge in [0.05, 0.1) is 24.1 Å². The summed E-state index contributed by atoms with van der Waals surface area (Å²) in [4.78, 5) is 5.87. The Morgan fingerprint density at radius 3 is 3.04 bits per heavy atom. The van der Waals surface area contributed by atoms with Crippen molar-refractivity contribution in [2.45, 2.75) is 45.3 Å². The number of rotatable bonds is 7. The Labute approximate surface area is 164 Å². The molecule has 0 radical (unpaired) electrons. The number of nitrogens with zero attached hydrogens (tertiary/aromatic N) is 4. The largest absolute Gasteiger partial charge is 0.353 e. The molecule has 0 saturated carbocycles. The molecule has 2 aromatic heterocycles. The third-order valence-corrected chi connectivity index (χ3v) is 7.34. The fraction of sp³-hybridized carbons (Fsp3) is 0.588. The van der Waals surface area contributed by atoms with Gasteiger partial charge in [-0.25, -0.2) is 8.42 Å². The maximum atomic E-state index is 11.8. The number of guanidine groups is 1. The molecule has 0 bridgehead atoms. The van der Waals surface area contributed by atoms with Crippen molar-refractivity contribution in [1.82, 2.24) is 25.4 Å². The van der Waals surface area contributed by atoms with Crippen LogP contribution in [-0.2, 0) is 22.8 Å².